The summed E-state index contributed by atoms with van der Waals surface area (Å²) < 4.78 is 18.0. The van der Waals surface area contributed by atoms with Crippen molar-refractivity contribution in [3.8, 4) is 0 Å². The number of aromatic nitrogens is 2. The van der Waals surface area contributed by atoms with Gasteiger partial charge in [-0.2, -0.15) is 4.98 Å². The Hall–Kier alpha value is -1.75. The third kappa shape index (κ3) is 3.22. The Morgan fingerprint density at radius 1 is 1.50 bits per heavy atom. The van der Waals surface area contributed by atoms with E-state index in [0.717, 1.165) is 0 Å². The second-order valence-electron chi connectivity index (χ2n) is 4.50. The van der Waals surface area contributed by atoms with Gasteiger partial charge >= 0.3 is 0 Å². The molecule has 0 N–H and O–H groups in total. The SMILES string of the molecule is CCC(=O)C(C)c1nc(Cc2ccc(F)cc2Cl)no1. The van der Waals surface area contributed by atoms with E-state index < -0.39 is 11.7 Å². The maximum atomic E-state index is 13.0. The molecule has 1 aromatic heterocycles. The Morgan fingerprint density at radius 3 is 2.90 bits per heavy atom. The molecule has 2 aromatic rings. The lowest BCUT2D eigenvalue weighted by atomic mass is 10.1. The van der Waals surface area contributed by atoms with Crippen LogP contribution in [0.2, 0.25) is 5.02 Å². The molecule has 6 heteroatoms. The van der Waals surface area contributed by atoms with Crippen LogP contribution >= 0.6 is 11.6 Å². The number of hydrogen-bond acceptors (Lipinski definition) is 4. The van der Waals surface area contributed by atoms with Crippen molar-refractivity contribution in [2.24, 2.45) is 0 Å². The highest BCUT2D eigenvalue weighted by Gasteiger charge is 2.20. The number of carbonyl (C=O) groups is 1. The lowest BCUT2D eigenvalue weighted by molar-refractivity contribution is -0.120. The summed E-state index contributed by atoms with van der Waals surface area (Å²) in [5.74, 6) is -0.0472. The van der Waals surface area contributed by atoms with Gasteiger partial charge in [0.05, 0.1) is 5.92 Å². The average molecular weight is 297 g/mol. The summed E-state index contributed by atoms with van der Waals surface area (Å²) in [5, 5.41) is 4.14. The number of carbonyl (C=O) groups excluding carboxylic acids is 1. The van der Waals surface area contributed by atoms with Gasteiger partial charge in [0.15, 0.2) is 5.82 Å². The predicted octanol–water partition coefficient (Wildman–Crippen LogP) is 3.54. The fourth-order valence-corrected chi connectivity index (χ4v) is 2.03. The van der Waals surface area contributed by atoms with Crippen molar-refractivity contribution in [3.05, 3.63) is 46.3 Å². The topological polar surface area (TPSA) is 56.0 Å². The highest BCUT2D eigenvalue weighted by molar-refractivity contribution is 6.31. The van der Waals surface area contributed by atoms with Crippen molar-refractivity contribution >= 4 is 17.4 Å². The van der Waals surface area contributed by atoms with Crippen molar-refractivity contribution in [3.63, 3.8) is 0 Å². The van der Waals surface area contributed by atoms with E-state index in [1.54, 1.807) is 19.9 Å². The lowest BCUT2D eigenvalue weighted by Gasteiger charge is -2.02. The first-order valence-electron chi connectivity index (χ1n) is 6.30. The molecule has 0 saturated heterocycles. The second kappa shape index (κ2) is 6.13. The van der Waals surface area contributed by atoms with Crippen LogP contribution in [0.15, 0.2) is 22.7 Å². The minimum absolute atomic E-state index is 0.0417. The molecule has 1 aromatic carbocycles. The molecule has 0 aliphatic carbocycles. The van der Waals surface area contributed by atoms with E-state index in [0.29, 0.717) is 35.1 Å². The molecule has 0 aliphatic heterocycles. The number of Topliss-reactive ketones (excluding diaryl/α,β-unsaturated/α-hetero) is 1. The number of halogens is 2. The normalized spacial score (nSPS) is 12.4. The van der Waals surface area contributed by atoms with Crippen LogP contribution < -0.4 is 0 Å². The van der Waals surface area contributed by atoms with Gasteiger partial charge in [0, 0.05) is 17.9 Å². The van der Waals surface area contributed by atoms with Crippen molar-refractivity contribution in [1.29, 1.82) is 0 Å². The monoisotopic (exact) mass is 296 g/mol. The Kier molecular flexibility index (Phi) is 4.49. The van der Waals surface area contributed by atoms with E-state index in [1.807, 2.05) is 0 Å². The first-order valence-corrected chi connectivity index (χ1v) is 6.68. The highest BCUT2D eigenvalue weighted by Crippen LogP contribution is 2.21. The van der Waals surface area contributed by atoms with Crippen LogP contribution in [0, 0.1) is 5.82 Å². The molecule has 0 radical (unpaired) electrons. The smallest absolute Gasteiger partial charge is 0.236 e. The van der Waals surface area contributed by atoms with Crippen LogP contribution in [0.4, 0.5) is 4.39 Å². The van der Waals surface area contributed by atoms with Crippen LogP contribution in [0.5, 0.6) is 0 Å². The number of benzene rings is 1. The third-order valence-corrected chi connectivity index (χ3v) is 3.40. The summed E-state index contributed by atoms with van der Waals surface area (Å²) in [5.41, 5.74) is 0.704. The van der Waals surface area contributed by atoms with Crippen LogP contribution in [-0.4, -0.2) is 15.9 Å². The average Bonchev–Trinajstić information content (AvgIpc) is 2.88. The van der Waals surface area contributed by atoms with Gasteiger partial charge < -0.3 is 4.52 Å². The molecule has 1 atom stereocenters. The van der Waals surface area contributed by atoms with Gasteiger partial charge in [-0.25, -0.2) is 4.39 Å². The van der Waals surface area contributed by atoms with E-state index >= 15 is 0 Å². The van der Waals surface area contributed by atoms with Gasteiger partial charge in [0.2, 0.25) is 5.89 Å². The van der Waals surface area contributed by atoms with E-state index in [1.165, 1.54) is 12.1 Å². The minimum Gasteiger partial charge on any atom is -0.339 e. The Morgan fingerprint density at radius 2 is 2.25 bits per heavy atom. The molecule has 0 spiro atoms. The van der Waals surface area contributed by atoms with Gasteiger partial charge in [-0.3, -0.25) is 4.79 Å². The first kappa shape index (κ1) is 14.7. The standard InChI is InChI=1S/C14H14ClFN2O2/c1-3-12(19)8(2)14-17-13(18-20-14)6-9-4-5-10(16)7-11(9)15/h4-5,7-8H,3,6H2,1-2H3. The molecule has 0 saturated carbocycles. The van der Waals surface area contributed by atoms with Gasteiger partial charge in [-0.05, 0) is 24.6 Å². The van der Waals surface area contributed by atoms with Crippen molar-refractivity contribution in [1.82, 2.24) is 10.1 Å². The third-order valence-electron chi connectivity index (χ3n) is 3.05. The van der Waals surface area contributed by atoms with Gasteiger partial charge in [-0.1, -0.05) is 29.7 Å². The van der Waals surface area contributed by atoms with Gasteiger partial charge in [0.25, 0.3) is 0 Å². The molecular formula is C14H14ClFN2O2. The molecule has 0 fully saturated rings. The quantitative estimate of drug-likeness (QED) is 0.847. The number of rotatable bonds is 5. The zero-order valence-corrected chi connectivity index (χ0v) is 11.9. The Bertz CT molecular complexity index is 627. The van der Waals surface area contributed by atoms with Crippen LogP contribution in [-0.2, 0) is 11.2 Å². The zero-order valence-electron chi connectivity index (χ0n) is 11.2. The van der Waals surface area contributed by atoms with Crippen molar-refractivity contribution in [2.75, 3.05) is 0 Å². The zero-order chi connectivity index (χ0) is 14.7. The maximum Gasteiger partial charge on any atom is 0.236 e. The van der Waals surface area contributed by atoms with Crippen molar-refractivity contribution < 1.29 is 13.7 Å². The second-order valence-corrected chi connectivity index (χ2v) is 4.91. The molecular weight excluding hydrogens is 283 g/mol. The molecule has 1 unspecified atom stereocenters. The molecule has 0 bridgehead atoms. The van der Waals surface area contributed by atoms with Crippen LogP contribution in [0.3, 0.4) is 0 Å². The van der Waals surface area contributed by atoms with E-state index in [9.17, 15) is 9.18 Å². The van der Waals surface area contributed by atoms with E-state index in [-0.39, 0.29) is 5.78 Å². The van der Waals surface area contributed by atoms with Gasteiger partial charge in [0.1, 0.15) is 11.6 Å². The molecule has 1 heterocycles. The summed E-state index contributed by atoms with van der Waals surface area (Å²) in [7, 11) is 0. The molecule has 2 rings (SSSR count). The number of nitrogens with zero attached hydrogens (tertiary/aromatic N) is 2. The maximum absolute atomic E-state index is 13.0. The number of ketones is 1. The largest absolute Gasteiger partial charge is 0.339 e. The summed E-state index contributed by atoms with van der Waals surface area (Å²) in [6.07, 6.45) is 0.748. The van der Waals surface area contributed by atoms with Crippen molar-refractivity contribution in [2.45, 2.75) is 32.6 Å². The molecule has 4 nitrogen and oxygen atoms in total. The number of hydrogen-bond donors (Lipinski definition) is 0. The predicted molar refractivity (Wildman–Crippen MR) is 72.2 cm³/mol. The fourth-order valence-electron chi connectivity index (χ4n) is 1.79. The van der Waals surface area contributed by atoms with Crippen LogP contribution in [0.25, 0.3) is 0 Å². The summed E-state index contributed by atoms with van der Waals surface area (Å²) in [4.78, 5) is 15.8. The van der Waals surface area contributed by atoms with Gasteiger partial charge in [-0.15, -0.1) is 0 Å². The molecule has 20 heavy (non-hydrogen) atoms. The van der Waals surface area contributed by atoms with E-state index in [2.05, 4.69) is 10.1 Å². The van der Waals surface area contributed by atoms with E-state index in [4.69, 9.17) is 16.1 Å². The molecule has 106 valence electrons. The Balaban J connectivity index is 2.15. The summed E-state index contributed by atoms with van der Waals surface area (Å²) in [6.45, 7) is 3.52. The minimum atomic E-state index is -0.412. The highest BCUT2D eigenvalue weighted by atomic mass is 35.5. The first-order chi connectivity index (χ1) is 9.51. The summed E-state index contributed by atoms with van der Waals surface area (Å²) >= 11 is 5.94. The molecule has 0 aliphatic rings. The summed E-state index contributed by atoms with van der Waals surface area (Å²) in [6, 6.07) is 4.14. The van der Waals surface area contributed by atoms with Crippen LogP contribution in [0.1, 0.15) is 43.5 Å². The Labute approximate surface area is 120 Å². The molecule has 0 amide bonds. The fraction of sp³-hybridized carbons (Fsp3) is 0.357. The lowest BCUT2D eigenvalue weighted by Crippen LogP contribution is -2.07.